The molecule has 3 heterocycles. The van der Waals surface area contributed by atoms with Crippen molar-refractivity contribution >= 4 is 22.8 Å². The van der Waals surface area contributed by atoms with E-state index in [1.807, 2.05) is 13.8 Å². The molecule has 0 radical (unpaired) electrons. The zero-order valence-electron chi connectivity index (χ0n) is 15.1. The second-order valence-electron chi connectivity index (χ2n) is 6.83. The Bertz CT molecular complexity index is 1140. The highest BCUT2D eigenvalue weighted by Crippen LogP contribution is 2.34. The number of nitrogens with one attached hydrogen (secondary N) is 2. The Morgan fingerprint density at radius 1 is 1.41 bits per heavy atom. The van der Waals surface area contributed by atoms with Crippen LogP contribution in [0.4, 0.5) is 5.82 Å². The van der Waals surface area contributed by atoms with Gasteiger partial charge in [0.25, 0.3) is 11.5 Å². The minimum Gasteiger partial charge on any atom is -0.307 e. The lowest BCUT2D eigenvalue weighted by Crippen LogP contribution is -2.30. The molecular weight excluding hydrogens is 348 g/mol. The van der Waals surface area contributed by atoms with Crippen molar-refractivity contribution in [2.45, 2.75) is 45.2 Å². The summed E-state index contributed by atoms with van der Waals surface area (Å²) in [4.78, 5) is 43.5. The summed E-state index contributed by atoms with van der Waals surface area (Å²) in [5.74, 6) is 0.185. The fourth-order valence-electron chi connectivity index (χ4n) is 3.06. The van der Waals surface area contributed by atoms with E-state index >= 15 is 0 Å². The van der Waals surface area contributed by atoms with Crippen molar-refractivity contribution in [3.63, 3.8) is 0 Å². The van der Waals surface area contributed by atoms with Gasteiger partial charge in [0, 0.05) is 18.3 Å². The van der Waals surface area contributed by atoms with Gasteiger partial charge in [0.05, 0.1) is 23.2 Å². The zero-order chi connectivity index (χ0) is 19.1. The Hall–Kier alpha value is -3.23. The third-order valence-electron chi connectivity index (χ3n) is 4.87. The van der Waals surface area contributed by atoms with Gasteiger partial charge in [0.15, 0.2) is 0 Å². The monoisotopic (exact) mass is 368 g/mol. The van der Waals surface area contributed by atoms with Crippen LogP contribution in [0.5, 0.6) is 0 Å². The smallest absolute Gasteiger partial charge is 0.307 e. The molecule has 1 unspecified atom stereocenters. The van der Waals surface area contributed by atoms with Crippen molar-refractivity contribution in [2.24, 2.45) is 0 Å². The first kappa shape index (κ1) is 17.2. The van der Waals surface area contributed by atoms with Gasteiger partial charge in [-0.05, 0) is 32.3 Å². The second kappa shape index (κ2) is 6.49. The van der Waals surface area contributed by atoms with Crippen molar-refractivity contribution in [1.82, 2.24) is 24.3 Å². The number of anilines is 1. The molecule has 4 rings (SSSR count). The van der Waals surface area contributed by atoms with Gasteiger partial charge in [0.1, 0.15) is 11.5 Å². The molecule has 9 heteroatoms. The molecule has 3 aromatic rings. The Morgan fingerprint density at radius 3 is 2.89 bits per heavy atom. The van der Waals surface area contributed by atoms with Crippen LogP contribution in [0.15, 0.2) is 34.1 Å². The molecule has 1 aliphatic carbocycles. The van der Waals surface area contributed by atoms with Gasteiger partial charge < -0.3 is 5.32 Å². The van der Waals surface area contributed by atoms with Crippen molar-refractivity contribution in [2.75, 3.05) is 5.32 Å². The third kappa shape index (κ3) is 3.05. The Labute approximate surface area is 154 Å². The number of aromatic amines is 1. The Morgan fingerprint density at radius 2 is 2.19 bits per heavy atom. The molecule has 1 aliphatic rings. The van der Waals surface area contributed by atoms with E-state index in [4.69, 9.17) is 0 Å². The first-order valence-corrected chi connectivity index (χ1v) is 8.99. The number of H-pyrrole nitrogens is 1. The number of hydrogen-bond donors (Lipinski definition) is 2. The van der Waals surface area contributed by atoms with Crippen LogP contribution >= 0.6 is 0 Å². The number of nitrogens with zero attached hydrogens (tertiary/aromatic N) is 4. The summed E-state index contributed by atoms with van der Waals surface area (Å²) in [6.07, 6.45) is 5.64. The van der Waals surface area contributed by atoms with E-state index < -0.39 is 17.2 Å². The van der Waals surface area contributed by atoms with Crippen LogP contribution in [0.2, 0.25) is 0 Å². The fourth-order valence-corrected chi connectivity index (χ4v) is 3.06. The van der Waals surface area contributed by atoms with Crippen LogP contribution in [0.3, 0.4) is 0 Å². The quantitative estimate of drug-likeness (QED) is 0.713. The first-order valence-electron chi connectivity index (χ1n) is 8.99. The second-order valence-corrected chi connectivity index (χ2v) is 6.83. The molecule has 0 bridgehead atoms. The fraction of sp³-hybridized carbons (Fsp3) is 0.389. The van der Waals surface area contributed by atoms with Crippen LogP contribution in [0.1, 0.15) is 55.6 Å². The molecule has 1 atom stereocenters. The van der Waals surface area contributed by atoms with Crippen molar-refractivity contribution in [3.05, 3.63) is 50.9 Å². The molecule has 1 saturated carbocycles. The average Bonchev–Trinajstić information content (AvgIpc) is 3.38. The number of carbonyl (C=O) groups is 1. The topological polar surface area (TPSA) is 115 Å². The van der Waals surface area contributed by atoms with E-state index in [1.165, 1.54) is 16.8 Å². The van der Waals surface area contributed by atoms with Crippen LogP contribution in [0.25, 0.3) is 11.0 Å². The molecule has 27 heavy (non-hydrogen) atoms. The maximum atomic E-state index is 12.7. The highest BCUT2D eigenvalue weighted by atomic mass is 16.2. The van der Waals surface area contributed by atoms with Crippen LogP contribution < -0.4 is 16.6 Å². The van der Waals surface area contributed by atoms with Gasteiger partial charge in [-0.2, -0.15) is 5.10 Å². The molecule has 0 saturated heterocycles. The number of aromatic nitrogens is 5. The lowest BCUT2D eigenvalue weighted by atomic mass is 10.2. The minimum absolute atomic E-state index is 0.0638. The molecule has 9 nitrogen and oxygen atoms in total. The molecular formula is C18H20N6O3. The molecule has 3 aromatic heterocycles. The maximum absolute atomic E-state index is 12.7. The Kier molecular flexibility index (Phi) is 4.14. The normalized spacial score (nSPS) is 15.0. The number of fused-ring (bicyclic) bond motifs is 1. The van der Waals surface area contributed by atoms with Crippen molar-refractivity contribution in [3.8, 4) is 0 Å². The predicted octanol–water partition coefficient (Wildman–Crippen LogP) is 1.84. The number of amides is 1. The molecule has 0 spiro atoms. The van der Waals surface area contributed by atoms with Gasteiger partial charge in [-0.15, -0.1) is 0 Å². The average molecular weight is 368 g/mol. The molecule has 2 N–H and O–H groups in total. The molecule has 1 amide bonds. The predicted molar refractivity (Wildman–Crippen MR) is 100 cm³/mol. The highest BCUT2D eigenvalue weighted by Gasteiger charge is 2.28. The summed E-state index contributed by atoms with van der Waals surface area (Å²) in [7, 11) is 0. The summed E-state index contributed by atoms with van der Waals surface area (Å²) >= 11 is 0. The summed E-state index contributed by atoms with van der Waals surface area (Å²) in [6, 6.07) is 3.39. The van der Waals surface area contributed by atoms with Crippen molar-refractivity contribution < 1.29 is 4.79 Å². The lowest BCUT2D eigenvalue weighted by molar-refractivity contribution is 0.102. The van der Waals surface area contributed by atoms with E-state index in [9.17, 15) is 14.4 Å². The standard InChI is InChI=1S/C18H20N6O3/c1-3-10(2)24-14(6-7-20-24)21-16(25)11-8-13-15(19-9-11)23(12-4-5-12)18(27)22-17(13)26/h6-10,12H,3-5H2,1-2H3,(H,21,25)(H,22,26,27). The van der Waals surface area contributed by atoms with Gasteiger partial charge in [-0.3, -0.25) is 19.1 Å². The third-order valence-corrected chi connectivity index (χ3v) is 4.87. The lowest BCUT2D eigenvalue weighted by Gasteiger charge is -2.14. The first-order chi connectivity index (χ1) is 13.0. The van der Waals surface area contributed by atoms with Gasteiger partial charge in [-0.25, -0.2) is 14.5 Å². The number of pyridine rings is 1. The SMILES string of the molecule is CCC(C)n1nccc1NC(=O)c1cnc2c(c1)c(=O)[nH]c(=O)n2C1CC1. The summed E-state index contributed by atoms with van der Waals surface area (Å²) < 4.78 is 3.24. The summed E-state index contributed by atoms with van der Waals surface area (Å²) in [6.45, 7) is 4.05. The summed E-state index contributed by atoms with van der Waals surface area (Å²) in [5.41, 5.74) is -0.450. The molecule has 0 aliphatic heterocycles. The van der Waals surface area contributed by atoms with Crippen LogP contribution in [-0.4, -0.2) is 30.2 Å². The molecule has 0 aromatic carbocycles. The van der Waals surface area contributed by atoms with E-state index in [2.05, 4.69) is 20.4 Å². The molecule has 140 valence electrons. The van der Waals surface area contributed by atoms with Gasteiger partial charge in [-0.1, -0.05) is 6.92 Å². The summed E-state index contributed by atoms with van der Waals surface area (Å²) in [5, 5.41) is 7.27. The van der Waals surface area contributed by atoms with E-state index in [-0.39, 0.29) is 23.0 Å². The van der Waals surface area contributed by atoms with E-state index in [0.29, 0.717) is 11.5 Å². The van der Waals surface area contributed by atoms with Crippen LogP contribution in [0, 0.1) is 0 Å². The van der Waals surface area contributed by atoms with Gasteiger partial charge in [0.2, 0.25) is 0 Å². The Balaban J connectivity index is 1.70. The number of carbonyl (C=O) groups excluding carboxylic acids is 1. The van der Waals surface area contributed by atoms with Crippen LogP contribution in [-0.2, 0) is 0 Å². The minimum atomic E-state index is -0.543. The molecule has 1 fully saturated rings. The van der Waals surface area contributed by atoms with Gasteiger partial charge >= 0.3 is 5.69 Å². The maximum Gasteiger partial charge on any atom is 0.330 e. The number of rotatable bonds is 5. The van der Waals surface area contributed by atoms with E-state index in [1.54, 1.807) is 16.9 Å². The van der Waals surface area contributed by atoms with E-state index in [0.717, 1.165) is 19.3 Å². The largest absolute Gasteiger partial charge is 0.330 e. The zero-order valence-corrected chi connectivity index (χ0v) is 15.1. The highest BCUT2D eigenvalue weighted by molar-refractivity contribution is 6.05. The number of hydrogen-bond acceptors (Lipinski definition) is 5. The van der Waals surface area contributed by atoms with Crippen molar-refractivity contribution in [1.29, 1.82) is 0 Å².